The maximum Gasteiger partial charge on any atom is 0.147 e. The molecule has 0 aliphatic heterocycles. The van der Waals surface area contributed by atoms with Crippen LogP contribution in [0.15, 0.2) is 0 Å². The van der Waals surface area contributed by atoms with Crippen LogP contribution in [-0.4, -0.2) is 42.5 Å². The Bertz CT molecular complexity index is 709. The minimum Gasteiger partial charge on any atom is -0.328 e. The standard InChI is InChI=1S/C17H29N7/c1-6-24-16(19-20-17(24)13-7-14(18)8-13)10-22(4)9-15-11(2)21-23(5)12(15)3/h13-14H,6-10,18H2,1-5H3. The van der Waals surface area contributed by atoms with E-state index in [4.69, 9.17) is 5.73 Å². The predicted octanol–water partition coefficient (Wildman–Crippen LogP) is 1.49. The summed E-state index contributed by atoms with van der Waals surface area (Å²) in [6.07, 6.45) is 2.06. The second-order valence-electron chi connectivity index (χ2n) is 7.09. The van der Waals surface area contributed by atoms with Crippen molar-refractivity contribution in [3.05, 3.63) is 28.6 Å². The summed E-state index contributed by atoms with van der Waals surface area (Å²) in [6, 6.07) is 0.333. The van der Waals surface area contributed by atoms with Crippen LogP contribution >= 0.6 is 0 Å². The van der Waals surface area contributed by atoms with Gasteiger partial charge in [0.15, 0.2) is 0 Å². The first kappa shape index (κ1) is 17.1. The van der Waals surface area contributed by atoms with Crippen LogP contribution in [0.4, 0.5) is 0 Å². The molecule has 2 heterocycles. The van der Waals surface area contributed by atoms with Crippen molar-refractivity contribution in [2.24, 2.45) is 12.8 Å². The second kappa shape index (κ2) is 6.64. The molecule has 7 nitrogen and oxygen atoms in total. The second-order valence-corrected chi connectivity index (χ2v) is 7.09. The summed E-state index contributed by atoms with van der Waals surface area (Å²) < 4.78 is 4.21. The van der Waals surface area contributed by atoms with Crippen LogP contribution in [0.2, 0.25) is 0 Å². The number of hydrogen-bond donors (Lipinski definition) is 1. The Morgan fingerprint density at radius 3 is 2.46 bits per heavy atom. The first-order valence-corrected chi connectivity index (χ1v) is 8.75. The zero-order valence-corrected chi connectivity index (χ0v) is 15.5. The first-order chi connectivity index (χ1) is 11.4. The third-order valence-corrected chi connectivity index (χ3v) is 5.21. The molecule has 2 aromatic heterocycles. The quantitative estimate of drug-likeness (QED) is 0.867. The van der Waals surface area contributed by atoms with Crippen LogP contribution < -0.4 is 5.73 Å². The lowest BCUT2D eigenvalue weighted by Gasteiger charge is -2.31. The smallest absolute Gasteiger partial charge is 0.147 e. The Hall–Kier alpha value is -1.73. The van der Waals surface area contributed by atoms with Crippen LogP contribution in [-0.2, 0) is 26.7 Å². The number of aromatic nitrogens is 5. The van der Waals surface area contributed by atoms with Gasteiger partial charge in [0.1, 0.15) is 11.6 Å². The largest absolute Gasteiger partial charge is 0.328 e. The topological polar surface area (TPSA) is 77.8 Å². The van der Waals surface area contributed by atoms with Crippen molar-refractivity contribution in [1.29, 1.82) is 0 Å². The molecule has 7 heteroatoms. The summed E-state index contributed by atoms with van der Waals surface area (Å²) >= 11 is 0. The van der Waals surface area contributed by atoms with E-state index in [1.807, 2.05) is 11.7 Å². The molecule has 3 rings (SSSR count). The van der Waals surface area contributed by atoms with E-state index in [0.717, 1.165) is 49.8 Å². The number of aryl methyl sites for hydroxylation is 2. The van der Waals surface area contributed by atoms with Crippen molar-refractivity contribution in [1.82, 2.24) is 29.4 Å². The van der Waals surface area contributed by atoms with Crippen molar-refractivity contribution in [2.75, 3.05) is 7.05 Å². The van der Waals surface area contributed by atoms with Crippen LogP contribution in [0.1, 0.15) is 54.3 Å². The van der Waals surface area contributed by atoms with Gasteiger partial charge in [-0.15, -0.1) is 10.2 Å². The van der Waals surface area contributed by atoms with Gasteiger partial charge >= 0.3 is 0 Å². The summed E-state index contributed by atoms with van der Waals surface area (Å²) in [5.41, 5.74) is 9.55. The molecule has 132 valence electrons. The maximum atomic E-state index is 5.93. The summed E-state index contributed by atoms with van der Waals surface area (Å²) in [4.78, 5) is 2.28. The molecule has 0 radical (unpaired) electrons. The molecule has 2 aromatic rings. The summed E-state index contributed by atoms with van der Waals surface area (Å²) in [5.74, 6) is 2.63. The van der Waals surface area contributed by atoms with Gasteiger partial charge in [0.05, 0.1) is 12.2 Å². The Morgan fingerprint density at radius 1 is 1.21 bits per heavy atom. The fraction of sp³-hybridized carbons (Fsp3) is 0.706. The van der Waals surface area contributed by atoms with Crippen LogP contribution in [0, 0.1) is 13.8 Å². The van der Waals surface area contributed by atoms with Gasteiger partial charge in [0.25, 0.3) is 0 Å². The van der Waals surface area contributed by atoms with Crippen molar-refractivity contribution in [3.8, 4) is 0 Å². The average Bonchev–Trinajstić information content (AvgIpc) is 3.00. The van der Waals surface area contributed by atoms with Crippen LogP contribution in [0.5, 0.6) is 0 Å². The number of rotatable bonds is 6. The molecule has 0 atom stereocenters. The van der Waals surface area contributed by atoms with Gasteiger partial charge in [-0.2, -0.15) is 5.10 Å². The van der Waals surface area contributed by atoms with Gasteiger partial charge in [-0.3, -0.25) is 9.58 Å². The molecular weight excluding hydrogens is 302 g/mol. The molecule has 0 unspecified atom stereocenters. The molecular formula is C17H29N7. The van der Waals surface area contributed by atoms with Gasteiger partial charge in [0, 0.05) is 43.4 Å². The highest BCUT2D eigenvalue weighted by atomic mass is 15.3. The highest BCUT2D eigenvalue weighted by Gasteiger charge is 2.32. The third kappa shape index (κ3) is 3.10. The van der Waals surface area contributed by atoms with E-state index in [-0.39, 0.29) is 0 Å². The van der Waals surface area contributed by atoms with E-state index in [9.17, 15) is 0 Å². The zero-order chi connectivity index (χ0) is 17.4. The summed E-state index contributed by atoms with van der Waals surface area (Å²) in [6.45, 7) is 8.91. The Kier molecular flexibility index (Phi) is 4.73. The monoisotopic (exact) mass is 331 g/mol. The maximum absolute atomic E-state index is 5.93. The molecule has 24 heavy (non-hydrogen) atoms. The van der Waals surface area contributed by atoms with Gasteiger partial charge in [0.2, 0.25) is 0 Å². The average molecular weight is 331 g/mol. The van der Waals surface area contributed by atoms with Gasteiger partial charge in [-0.1, -0.05) is 0 Å². The fourth-order valence-corrected chi connectivity index (χ4v) is 3.60. The zero-order valence-electron chi connectivity index (χ0n) is 15.5. The lowest BCUT2D eigenvalue weighted by molar-refractivity contribution is 0.298. The Balaban J connectivity index is 1.71. The lowest BCUT2D eigenvalue weighted by Crippen LogP contribution is -2.36. The van der Waals surface area contributed by atoms with Gasteiger partial charge in [-0.05, 0) is 40.7 Å². The minimum absolute atomic E-state index is 0.333. The molecule has 1 fully saturated rings. The molecule has 0 amide bonds. The van der Waals surface area contributed by atoms with Crippen molar-refractivity contribution >= 4 is 0 Å². The summed E-state index contributed by atoms with van der Waals surface area (Å²) in [5, 5.41) is 13.4. The van der Waals surface area contributed by atoms with E-state index in [1.54, 1.807) is 0 Å². The number of hydrogen-bond acceptors (Lipinski definition) is 5. The van der Waals surface area contributed by atoms with Gasteiger partial charge < -0.3 is 10.3 Å². The van der Waals surface area contributed by atoms with E-state index in [2.05, 4.69) is 52.6 Å². The van der Waals surface area contributed by atoms with E-state index < -0.39 is 0 Å². The SMILES string of the molecule is CCn1c(CN(C)Cc2c(C)nn(C)c2C)nnc1C1CC(N)C1. The minimum atomic E-state index is 0.333. The first-order valence-electron chi connectivity index (χ1n) is 8.75. The van der Waals surface area contributed by atoms with E-state index in [1.165, 1.54) is 11.3 Å². The molecule has 0 aromatic carbocycles. The third-order valence-electron chi connectivity index (χ3n) is 5.21. The molecule has 0 saturated heterocycles. The predicted molar refractivity (Wildman–Crippen MR) is 93.5 cm³/mol. The molecule has 2 N–H and O–H groups in total. The summed E-state index contributed by atoms with van der Waals surface area (Å²) in [7, 11) is 4.12. The Morgan fingerprint density at radius 2 is 1.92 bits per heavy atom. The van der Waals surface area contributed by atoms with Gasteiger partial charge in [-0.25, -0.2) is 0 Å². The van der Waals surface area contributed by atoms with Crippen LogP contribution in [0.25, 0.3) is 0 Å². The number of nitrogens with two attached hydrogens (primary N) is 1. The molecule has 1 aliphatic rings. The highest BCUT2D eigenvalue weighted by Crippen LogP contribution is 2.34. The van der Waals surface area contributed by atoms with Crippen molar-refractivity contribution in [2.45, 2.75) is 65.2 Å². The molecule has 0 spiro atoms. The lowest BCUT2D eigenvalue weighted by atomic mass is 9.80. The van der Waals surface area contributed by atoms with E-state index in [0.29, 0.717) is 12.0 Å². The van der Waals surface area contributed by atoms with Crippen molar-refractivity contribution in [3.63, 3.8) is 0 Å². The highest BCUT2D eigenvalue weighted by molar-refractivity contribution is 5.24. The molecule has 1 aliphatic carbocycles. The normalized spacial score (nSPS) is 20.6. The number of nitrogens with zero attached hydrogens (tertiary/aromatic N) is 6. The molecule has 1 saturated carbocycles. The van der Waals surface area contributed by atoms with E-state index >= 15 is 0 Å². The van der Waals surface area contributed by atoms with Crippen LogP contribution in [0.3, 0.4) is 0 Å². The Labute approximate surface area is 143 Å². The van der Waals surface area contributed by atoms with Crippen molar-refractivity contribution < 1.29 is 0 Å². The molecule has 0 bridgehead atoms. The fourth-order valence-electron chi connectivity index (χ4n) is 3.60.